The van der Waals surface area contributed by atoms with Crippen molar-refractivity contribution < 1.29 is 0 Å². The number of hydrogen-bond donors (Lipinski definition) is 0. The second-order valence-corrected chi connectivity index (χ2v) is 5.42. The molecule has 0 fully saturated rings. The predicted octanol–water partition coefficient (Wildman–Crippen LogP) is 2.33. The highest BCUT2D eigenvalue weighted by molar-refractivity contribution is 5.03. The van der Waals surface area contributed by atoms with Crippen LogP contribution in [-0.2, 0) is 11.0 Å². The van der Waals surface area contributed by atoms with Gasteiger partial charge in [0.15, 0.2) is 0 Å². The zero-order valence-electron chi connectivity index (χ0n) is 9.42. The molecule has 13 heavy (non-hydrogen) atoms. The molecule has 3 nitrogen and oxygen atoms in total. The molecule has 3 heteroatoms. The SMILES string of the molecule is CC(C)(C)c1ncnn1C(C)(C)C. The molecule has 0 aliphatic heterocycles. The molecular weight excluding hydrogens is 162 g/mol. The summed E-state index contributed by atoms with van der Waals surface area (Å²) in [6, 6.07) is 0. The third-order valence-corrected chi connectivity index (χ3v) is 1.85. The summed E-state index contributed by atoms with van der Waals surface area (Å²) < 4.78 is 1.99. The maximum atomic E-state index is 4.31. The average Bonchev–Trinajstić information content (AvgIpc) is 2.27. The predicted molar refractivity (Wildman–Crippen MR) is 53.7 cm³/mol. The van der Waals surface area contributed by atoms with E-state index in [9.17, 15) is 0 Å². The Morgan fingerprint density at radius 1 is 1.08 bits per heavy atom. The highest BCUT2D eigenvalue weighted by Crippen LogP contribution is 2.24. The van der Waals surface area contributed by atoms with Gasteiger partial charge in [-0.3, -0.25) is 0 Å². The molecule has 0 atom stereocenters. The highest BCUT2D eigenvalue weighted by Gasteiger charge is 2.26. The Labute approximate surface area is 80.2 Å². The Balaban J connectivity index is 3.19. The van der Waals surface area contributed by atoms with Gasteiger partial charge in [0.2, 0.25) is 0 Å². The van der Waals surface area contributed by atoms with Gasteiger partial charge in [0.05, 0.1) is 5.54 Å². The minimum absolute atomic E-state index is 0.0130. The average molecular weight is 181 g/mol. The van der Waals surface area contributed by atoms with Crippen molar-refractivity contribution in [1.29, 1.82) is 0 Å². The fourth-order valence-corrected chi connectivity index (χ4v) is 1.24. The summed E-state index contributed by atoms with van der Waals surface area (Å²) in [5.74, 6) is 1.04. The molecule has 0 unspecified atom stereocenters. The molecule has 1 heterocycles. The molecule has 0 amide bonds. The lowest BCUT2D eigenvalue weighted by atomic mass is 9.94. The van der Waals surface area contributed by atoms with Crippen LogP contribution in [0.1, 0.15) is 47.4 Å². The maximum Gasteiger partial charge on any atom is 0.138 e. The summed E-state index contributed by atoms with van der Waals surface area (Å²) in [5.41, 5.74) is 0.0723. The molecule has 0 spiro atoms. The molecule has 0 saturated carbocycles. The van der Waals surface area contributed by atoms with Gasteiger partial charge < -0.3 is 0 Å². The smallest absolute Gasteiger partial charge is 0.138 e. The molecular formula is C10H19N3. The van der Waals surface area contributed by atoms with Gasteiger partial charge in [-0.2, -0.15) is 5.10 Å². The summed E-state index contributed by atoms with van der Waals surface area (Å²) in [6.45, 7) is 12.9. The van der Waals surface area contributed by atoms with Gasteiger partial charge in [0.1, 0.15) is 12.2 Å². The van der Waals surface area contributed by atoms with Gasteiger partial charge >= 0.3 is 0 Å². The Hall–Kier alpha value is -0.860. The number of aromatic nitrogens is 3. The van der Waals surface area contributed by atoms with Crippen molar-refractivity contribution in [2.24, 2.45) is 0 Å². The molecule has 0 aliphatic carbocycles. The monoisotopic (exact) mass is 181 g/mol. The van der Waals surface area contributed by atoms with Crippen molar-refractivity contribution >= 4 is 0 Å². The Morgan fingerprint density at radius 2 is 1.62 bits per heavy atom. The molecule has 1 rings (SSSR count). The van der Waals surface area contributed by atoms with Crippen LogP contribution in [0.3, 0.4) is 0 Å². The molecule has 0 N–H and O–H groups in total. The first kappa shape index (κ1) is 10.2. The van der Waals surface area contributed by atoms with E-state index in [1.807, 2.05) is 4.68 Å². The first-order chi connectivity index (χ1) is 5.73. The van der Waals surface area contributed by atoms with E-state index in [0.717, 1.165) is 5.82 Å². The van der Waals surface area contributed by atoms with Crippen LogP contribution in [0.25, 0.3) is 0 Å². The standard InChI is InChI=1S/C10H19N3/c1-9(2,3)8-11-7-12-13(8)10(4,5)6/h7H,1-6H3. The molecule has 1 aromatic rings. The number of rotatable bonds is 0. The summed E-state index contributed by atoms with van der Waals surface area (Å²) >= 11 is 0. The summed E-state index contributed by atoms with van der Waals surface area (Å²) in [5, 5.41) is 4.26. The van der Waals surface area contributed by atoms with Crippen LogP contribution < -0.4 is 0 Å². The van der Waals surface area contributed by atoms with Crippen molar-refractivity contribution in [1.82, 2.24) is 14.8 Å². The zero-order valence-corrected chi connectivity index (χ0v) is 9.42. The highest BCUT2D eigenvalue weighted by atomic mass is 15.4. The molecule has 1 aromatic heterocycles. The van der Waals surface area contributed by atoms with Gasteiger partial charge in [-0.05, 0) is 20.8 Å². The van der Waals surface area contributed by atoms with Crippen molar-refractivity contribution in [2.45, 2.75) is 52.5 Å². The Bertz CT molecular complexity index is 257. The van der Waals surface area contributed by atoms with E-state index in [0.29, 0.717) is 0 Å². The van der Waals surface area contributed by atoms with Crippen LogP contribution in [0.2, 0.25) is 0 Å². The Morgan fingerprint density at radius 3 is 1.92 bits per heavy atom. The van der Waals surface area contributed by atoms with E-state index in [2.05, 4.69) is 51.6 Å². The van der Waals surface area contributed by atoms with Crippen LogP contribution in [0.4, 0.5) is 0 Å². The second kappa shape index (κ2) is 2.82. The second-order valence-electron chi connectivity index (χ2n) is 5.42. The van der Waals surface area contributed by atoms with Crippen LogP contribution in [0.15, 0.2) is 6.33 Å². The van der Waals surface area contributed by atoms with E-state index in [4.69, 9.17) is 0 Å². The molecule has 74 valence electrons. The van der Waals surface area contributed by atoms with Gasteiger partial charge in [0, 0.05) is 5.41 Å². The van der Waals surface area contributed by atoms with E-state index < -0.39 is 0 Å². The van der Waals surface area contributed by atoms with Gasteiger partial charge in [-0.1, -0.05) is 20.8 Å². The molecule has 0 aromatic carbocycles. The van der Waals surface area contributed by atoms with Crippen LogP contribution in [-0.4, -0.2) is 14.8 Å². The number of nitrogens with zero attached hydrogens (tertiary/aromatic N) is 3. The maximum absolute atomic E-state index is 4.31. The molecule has 0 saturated heterocycles. The first-order valence-electron chi connectivity index (χ1n) is 4.64. The van der Waals surface area contributed by atoms with Gasteiger partial charge in [-0.15, -0.1) is 0 Å². The molecule has 0 bridgehead atoms. The third-order valence-electron chi connectivity index (χ3n) is 1.85. The van der Waals surface area contributed by atoms with E-state index in [1.165, 1.54) is 0 Å². The summed E-state index contributed by atoms with van der Waals surface area (Å²) in [6.07, 6.45) is 1.63. The normalized spacial score (nSPS) is 13.4. The molecule has 0 aliphatic rings. The topological polar surface area (TPSA) is 30.7 Å². The van der Waals surface area contributed by atoms with Crippen LogP contribution >= 0.6 is 0 Å². The van der Waals surface area contributed by atoms with Crippen LogP contribution in [0.5, 0.6) is 0 Å². The van der Waals surface area contributed by atoms with Gasteiger partial charge in [-0.25, -0.2) is 9.67 Å². The largest absolute Gasteiger partial charge is 0.244 e. The van der Waals surface area contributed by atoms with Crippen molar-refractivity contribution in [3.8, 4) is 0 Å². The number of hydrogen-bond acceptors (Lipinski definition) is 2. The Kier molecular flexibility index (Phi) is 2.22. The summed E-state index contributed by atoms with van der Waals surface area (Å²) in [4.78, 5) is 4.31. The third kappa shape index (κ3) is 2.08. The zero-order chi connectivity index (χ0) is 10.3. The minimum Gasteiger partial charge on any atom is -0.244 e. The first-order valence-corrected chi connectivity index (χ1v) is 4.64. The van der Waals surface area contributed by atoms with Crippen molar-refractivity contribution in [3.05, 3.63) is 12.2 Å². The molecule has 0 radical (unpaired) electrons. The minimum atomic E-state index is 0.0130. The quantitative estimate of drug-likeness (QED) is 0.615. The lowest BCUT2D eigenvalue weighted by Gasteiger charge is -2.26. The van der Waals surface area contributed by atoms with Crippen molar-refractivity contribution in [3.63, 3.8) is 0 Å². The van der Waals surface area contributed by atoms with Gasteiger partial charge in [0.25, 0.3) is 0 Å². The van der Waals surface area contributed by atoms with E-state index in [-0.39, 0.29) is 11.0 Å². The summed E-state index contributed by atoms with van der Waals surface area (Å²) in [7, 11) is 0. The fourth-order valence-electron chi connectivity index (χ4n) is 1.24. The van der Waals surface area contributed by atoms with Crippen molar-refractivity contribution in [2.75, 3.05) is 0 Å². The van der Waals surface area contributed by atoms with E-state index >= 15 is 0 Å². The lowest BCUT2D eigenvalue weighted by molar-refractivity contribution is 0.318. The lowest BCUT2D eigenvalue weighted by Crippen LogP contribution is -2.30. The van der Waals surface area contributed by atoms with Crippen LogP contribution in [0, 0.1) is 0 Å². The fraction of sp³-hybridized carbons (Fsp3) is 0.800. The van der Waals surface area contributed by atoms with E-state index in [1.54, 1.807) is 6.33 Å².